The molecule has 0 radical (unpaired) electrons. The van der Waals surface area contributed by atoms with Gasteiger partial charge in [0.25, 0.3) is 0 Å². The minimum absolute atomic E-state index is 0.330. The highest BCUT2D eigenvalue weighted by Gasteiger charge is 2.29. The Balaban J connectivity index is 2.25. The van der Waals surface area contributed by atoms with Crippen LogP contribution in [0.3, 0.4) is 0 Å². The van der Waals surface area contributed by atoms with E-state index in [2.05, 4.69) is 6.92 Å². The molecule has 0 bridgehead atoms. The first-order valence-corrected chi connectivity index (χ1v) is 9.37. The van der Waals surface area contributed by atoms with Gasteiger partial charge in [0.1, 0.15) is 0 Å². The van der Waals surface area contributed by atoms with Crippen LogP contribution in [0.2, 0.25) is 0 Å². The molecular formula is C13H18ClNO2S2. The Bertz CT molecular complexity index is 533. The molecule has 1 atom stereocenters. The lowest BCUT2D eigenvalue weighted by Crippen LogP contribution is -2.41. The van der Waals surface area contributed by atoms with Gasteiger partial charge in [-0.15, -0.1) is 11.6 Å². The summed E-state index contributed by atoms with van der Waals surface area (Å²) < 4.78 is 26.8. The average Bonchev–Trinajstić information content (AvgIpc) is 2.47. The van der Waals surface area contributed by atoms with Crippen molar-refractivity contribution in [3.63, 3.8) is 0 Å². The Labute approximate surface area is 124 Å². The van der Waals surface area contributed by atoms with Crippen molar-refractivity contribution in [2.24, 2.45) is 0 Å². The van der Waals surface area contributed by atoms with E-state index in [1.54, 1.807) is 22.5 Å². The van der Waals surface area contributed by atoms with E-state index in [4.69, 9.17) is 11.6 Å². The molecule has 1 aliphatic rings. The summed E-state index contributed by atoms with van der Waals surface area (Å²) in [6, 6.07) is 6.91. The van der Waals surface area contributed by atoms with Crippen molar-refractivity contribution in [3.05, 3.63) is 29.8 Å². The first kappa shape index (κ1) is 15.2. The predicted molar refractivity (Wildman–Crippen MR) is 81.3 cm³/mol. The van der Waals surface area contributed by atoms with Crippen molar-refractivity contribution in [2.75, 3.05) is 18.8 Å². The van der Waals surface area contributed by atoms with E-state index in [1.807, 2.05) is 17.8 Å². The Morgan fingerprint density at radius 1 is 1.47 bits per heavy atom. The molecule has 0 aromatic heterocycles. The van der Waals surface area contributed by atoms with Gasteiger partial charge in [-0.2, -0.15) is 16.1 Å². The topological polar surface area (TPSA) is 37.4 Å². The molecule has 2 rings (SSSR count). The molecule has 6 heteroatoms. The number of rotatable bonds is 4. The lowest BCUT2D eigenvalue weighted by atomic mass is 10.2. The minimum atomic E-state index is -3.38. The third kappa shape index (κ3) is 3.45. The van der Waals surface area contributed by atoms with Crippen LogP contribution in [0.5, 0.6) is 0 Å². The van der Waals surface area contributed by atoms with Gasteiger partial charge < -0.3 is 0 Å². The van der Waals surface area contributed by atoms with Gasteiger partial charge in [0, 0.05) is 30.0 Å². The second-order valence-corrected chi connectivity index (χ2v) is 8.16. The van der Waals surface area contributed by atoms with Gasteiger partial charge in [-0.25, -0.2) is 8.42 Å². The quantitative estimate of drug-likeness (QED) is 0.801. The normalized spacial score (nSPS) is 21.5. The Morgan fingerprint density at radius 2 is 2.26 bits per heavy atom. The summed E-state index contributed by atoms with van der Waals surface area (Å²) in [4.78, 5) is 0.354. The zero-order valence-corrected chi connectivity index (χ0v) is 13.3. The van der Waals surface area contributed by atoms with Gasteiger partial charge in [0.2, 0.25) is 10.0 Å². The largest absolute Gasteiger partial charge is 0.243 e. The van der Waals surface area contributed by atoms with Crippen LogP contribution in [0.15, 0.2) is 29.2 Å². The van der Waals surface area contributed by atoms with E-state index in [0.29, 0.717) is 29.1 Å². The molecule has 1 aromatic rings. The van der Waals surface area contributed by atoms with Crippen molar-refractivity contribution < 1.29 is 8.42 Å². The molecule has 0 amide bonds. The monoisotopic (exact) mass is 319 g/mol. The van der Waals surface area contributed by atoms with Crippen LogP contribution in [0.4, 0.5) is 0 Å². The molecule has 1 heterocycles. The molecule has 3 nitrogen and oxygen atoms in total. The predicted octanol–water partition coefficient (Wildman–Crippen LogP) is 2.94. The molecule has 0 N–H and O–H groups in total. The van der Waals surface area contributed by atoms with Crippen molar-refractivity contribution in [1.82, 2.24) is 4.31 Å². The summed E-state index contributed by atoms with van der Waals surface area (Å²) in [5, 5.41) is 0.403. The summed E-state index contributed by atoms with van der Waals surface area (Å²) in [7, 11) is -3.38. The van der Waals surface area contributed by atoms with Crippen LogP contribution in [-0.4, -0.2) is 36.8 Å². The number of nitrogens with zero attached hydrogens (tertiary/aromatic N) is 1. The smallest absolute Gasteiger partial charge is 0.207 e. The zero-order chi connectivity index (χ0) is 13.9. The minimum Gasteiger partial charge on any atom is -0.207 e. The molecule has 106 valence electrons. The fraction of sp³-hybridized carbons (Fsp3) is 0.538. The highest BCUT2D eigenvalue weighted by Crippen LogP contribution is 2.26. The zero-order valence-electron chi connectivity index (χ0n) is 10.9. The van der Waals surface area contributed by atoms with Gasteiger partial charge in [-0.3, -0.25) is 0 Å². The maximum atomic E-state index is 12.6. The van der Waals surface area contributed by atoms with Gasteiger partial charge in [-0.1, -0.05) is 19.1 Å². The maximum absolute atomic E-state index is 12.6. The average molecular weight is 320 g/mol. The first-order valence-electron chi connectivity index (χ1n) is 6.34. The molecule has 0 spiro atoms. The standard InChI is InChI=1S/C13H18ClNO2S2/c1-2-12-10-15(6-7-18-12)19(16,17)13-5-3-4-11(8-13)9-14/h3-5,8,12H,2,6-7,9-10H2,1H3. The van der Waals surface area contributed by atoms with Crippen molar-refractivity contribution in [1.29, 1.82) is 0 Å². The number of halogens is 1. The van der Waals surface area contributed by atoms with E-state index in [1.165, 1.54) is 0 Å². The molecule has 1 fully saturated rings. The number of hydrogen-bond donors (Lipinski definition) is 0. The third-order valence-corrected chi connectivity index (χ3v) is 6.79. The lowest BCUT2D eigenvalue weighted by molar-refractivity contribution is 0.416. The van der Waals surface area contributed by atoms with Crippen molar-refractivity contribution >= 4 is 33.4 Å². The van der Waals surface area contributed by atoms with Crippen LogP contribution < -0.4 is 0 Å². The van der Waals surface area contributed by atoms with E-state index in [0.717, 1.165) is 17.7 Å². The fourth-order valence-electron chi connectivity index (χ4n) is 2.10. The van der Waals surface area contributed by atoms with E-state index in [-0.39, 0.29) is 0 Å². The molecule has 1 saturated heterocycles. The number of sulfonamides is 1. The maximum Gasteiger partial charge on any atom is 0.243 e. The summed E-state index contributed by atoms with van der Waals surface area (Å²) in [5.41, 5.74) is 0.834. The SMILES string of the molecule is CCC1CN(S(=O)(=O)c2cccc(CCl)c2)CCS1. The van der Waals surface area contributed by atoms with Crippen LogP contribution in [0.1, 0.15) is 18.9 Å². The Morgan fingerprint density at radius 3 is 2.95 bits per heavy atom. The summed E-state index contributed by atoms with van der Waals surface area (Å²) in [6.07, 6.45) is 0.998. The van der Waals surface area contributed by atoms with Crippen LogP contribution in [0.25, 0.3) is 0 Å². The summed E-state index contributed by atoms with van der Waals surface area (Å²) >= 11 is 7.63. The van der Waals surface area contributed by atoms with E-state index < -0.39 is 10.0 Å². The summed E-state index contributed by atoms with van der Waals surface area (Å²) in [5.74, 6) is 1.20. The first-order chi connectivity index (χ1) is 9.07. The van der Waals surface area contributed by atoms with E-state index >= 15 is 0 Å². The van der Waals surface area contributed by atoms with Crippen LogP contribution in [-0.2, 0) is 15.9 Å². The number of benzene rings is 1. The second-order valence-electron chi connectivity index (χ2n) is 4.55. The van der Waals surface area contributed by atoms with Crippen molar-refractivity contribution in [3.8, 4) is 0 Å². The van der Waals surface area contributed by atoms with Gasteiger partial charge in [0.05, 0.1) is 4.90 Å². The highest BCUT2D eigenvalue weighted by atomic mass is 35.5. The van der Waals surface area contributed by atoms with Crippen molar-refractivity contribution in [2.45, 2.75) is 29.4 Å². The molecular weight excluding hydrogens is 302 g/mol. The molecule has 0 saturated carbocycles. The molecule has 19 heavy (non-hydrogen) atoms. The fourth-order valence-corrected chi connectivity index (χ4v) is 5.21. The van der Waals surface area contributed by atoms with E-state index in [9.17, 15) is 8.42 Å². The molecule has 1 unspecified atom stereocenters. The number of hydrogen-bond acceptors (Lipinski definition) is 3. The molecule has 1 aliphatic heterocycles. The Kier molecular flexibility index (Phi) is 5.17. The molecule has 0 aliphatic carbocycles. The van der Waals surface area contributed by atoms with Gasteiger partial charge >= 0.3 is 0 Å². The van der Waals surface area contributed by atoms with Gasteiger partial charge in [0.15, 0.2) is 0 Å². The van der Waals surface area contributed by atoms with Gasteiger partial charge in [-0.05, 0) is 24.1 Å². The van der Waals surface area contributed by atoms with Crippen LogP contribution >= 0.6 is 23.4 Å². The summed E-state index contributed by atoms with van der Waals surface area (Å²) in [6.45, 7) is 3.30. The van der Waals surface area contributed by atoms with Crippen LogP contribution in [0, 0.1) is 0 Å². The highest BCUT2D eigenvalue weighted by molar-refractivity contribution is 8.00. The second kappa shape index (κ2) is 6.48. The number of alkyl halides is 1. The number of thioether (sulfide) groups is 1. The molecule has 1 aromatic carbocycles. The Hall–Kier alpha value is -0.230. The lowest BCUT2D eigenvalue weighted by Gasteiger charge is -2.31. The third-order valence-electron chi connectivity index (χ3n) is 3.25.